The van der Waals surface area contributed by atoms with Crippen molar-refractivity contribution >= 4 is 29.7 Å². The summed E-state index contributed by atoms with van der Waals surface area (Å²) in [6, 6.07) is 4.34. The minimum atomic E-state index is -0.308. The fourth-order valence-corrected chi connectivity index (χ4v) is 4.75. The van der Waals surface area contributed by atoms with Crippen LogP contribution in [0.5, 0.6) is 0 Å². The molecule has 1 aromatic heterocycles. The maximum absolute atomic E-state index is 12.4. The molecule has 0 aromatic carbocycles. The van der Waals surface area contributed by atoms with Crippen molar-refractivity contribution in [2.75, 3.05) is 13.1 Å². The molecule has 2 aliphatic rings. The number of hydrogen-bond acceptors (Lipinski definition) is 4. The molecule has 1 aliphatic carbocycles. The highest BCUT2D eigenvalue weighted by molar-refractivity contribution is 7.10. The van der Waals surface area contributed by atoms with Crippen molar-refractivity contribution in [3.63, 3.8) is 0 Å². The number of carbonyl (C=O) groups excluding carboxylic acids is 1. The van der Waals surface area contributed by atoms with E-state index in [0.717, 1.165) is 19.4 Å². The van der Waals surface area contributed by atoms with E-state index in [0.29, 0.717) is 6.54 Å². The molecular weight excluding hydrogens is 332 g/mol. The van der Waals surface area contributed by atoms with Crippen LogP contribution in [-0.2, 0) is 14.9 Å². The standard InChI is InChI=1S/C17H26N2O2S.ClH/c18-11-13-6-7-14(21-13)16(20)19-12-17(8-2-1-3-9-17)15-5-4-10-22-15;/h4-5,10,13-14H,1-3,6-9,11-12,18H2,(H,19,20);1H/t13-,14+;/m1./s1. The molecule has 2 heterocycles. The van der Waals surface area contributed by atoms with E-state index < -0.39 is 0 Å². The summed E-state index contributed by atoms with van der Waals surface area (Å²) in [4.78, 5) is 13.8. The summed E-state index contributed by atoms with van der Waals surface area (Å²) in [6.45, 7) is 1.24. The number of nitrogens with one attached hydrogen (secondary N) is 1. The Morgan fingerprint density at radius 3 is 2.74 bits per heavy atom. The van der Waals surface area contributed by atoms with E-state index in [1.54, 1.807) is 0 Å². The minimum absolute atomic E-state index is 0. The Hall–Kier alpha value is -0.620. The molecule has 2 atom stereocenters. The number of thiophene rings is 1. The van der Waals surface area contributed by atoms with Crippen LogP contribution in [0.2, 0.25) is 0 Å². The third-order valence-corrected chi connectivity index (χ3v) is 6.23. The molecule has 1 amide bonds. The Bertz CT molecular complexity index is 489. The molecule has 130 valence electrons. The van der Waals surface area contributed by atoms with E-state index in [1.165, 1.54) is 37.0 Å². The molecule has 1 saturated heterocycles. The molecule has 0 unspecified atom stereocenters. The quantitative estimate of drug-likeness (QED) is 0.850. The van der Waals surface area contributed by atoms with Crippen LogP contribution in [0.15, 0.2) is 17.5 Å². The summed E-state index contributed by atoms with van der Waals surface area (Å²) in [5.41, 5.74) is 5.75. The smallest absolute Gasteiger partial charge is 0.249 e. The summed E-state index contributed by atoms with van der Waals surface area (Å²) < 4.78 is 5.70. The first-order valence-electron chi connectivity index (χ1n) is 8.41. The largest absolute Gasteiger partial charge is 0.364 e. The highest BCUT2D eigenvalue weighted by Crippen LogP contribution is 2.41. The Labute approximate surface area is 148 Å². The van der Waals surface area contributed by atoms with E-state index in [9.17, 15) is 4.79 Å². The van der Waals surface area contributed by atoms with Crippen molar-refractivity contribution in [2.24, 2.45) is 5.73 Å². The fraction of sp³-hybridized carbons (Fsp3) is 0.706. The summed E-state index contributed by atoms with van der Waals surface area (Å²) in [5.74, 6) is 0.0393. The van der Waals surface area contributed by atoms with Gasteiger partial charge in [0, 0.05) is 23.4 Å². The first-order valence-corrected chi connectivity index (χ1v) is 9.29. The molecule has 3 rings (SSSR count). The molecule has 0 bridgehead atoms. The highest BCUT2D eigenvalue weighted by atomic mass is 35.5. The number of hydrogen-bond donors (Lipinski definition) is 2. The Morgan fingerprint density at radius 2 is 2.13 bits per heavy atom. The van der Waals surface area contributed by atoms with Gasteiger partial charge >= 0.3 is 0 Å². The topological polar surface area (TPSA) is 64.4 Å². The van der Waals surface area contributed by atoms with Crippen LogP contribution in [0.1, 0.15) is 49.8 Å². The molecular formula is C17H27ClN2O2S. The lowest BCUT2D eigenvalue weighted by Gasteiger charge is -2.37. The van der Waals surface area contributed by atoms with Gasteiger partial charge in [-0.25, -0.2) is 0 Å². The Kier molecular flexibility index (Phi) is 6.89. The molecule has 0 spiro atoms. The van der Waals surface area contributed by atoms with Crippen LogP contribution in [0.4, 0.5) is 0 Å². The van der Waals surface area contributed by atoms with Gasteiger partial charge in [0.2, 0.25) is 5.91 Å². The van der Waals surface area contributed by atoms with Gasteiger partial charge in [0.25, 0.3) is 0 Å². The minimum Gasteiger partial charge on any atom is -0.364 e. The zero-order chi connectivity index (χ0) is 15.4. The van der Waals surface area contributed by atoms with Crippen LogP contribution in [0, 0.1) is 0 Å². The second kappa shape index (κ2) is 8.47. The molecule has 0 radical (unpaired) electrons. The van der Waals surface area contributed by atoms with Gasteiger partial charge in [0.1, 0.15) is 6.10 Å². The second-order valence-corrected chi connectivity index (χ2v) is 7.54. The lowest BCUT2D eigenvalue weighted by atomic mass is 9.73. The zero-order valence-corrected chi connectivity index (χ0v) is 15.1. The molecule has 3 N–H and O–H groups in total. The molecule has 2 fully saturated rings. The van der Waals surface area contributed by atoms with Gasteiger partial charge in [0.15, 0.2) is 0 Å². The third-order valence-electron chi connectivity index (χ3n) is 5.12. The van der Waals surface area contributed by atoms with Gasteiger partial charge in [-0.15, -0.1) is 23.7 Å². The molecule has 6 heteroatoms. The van der Waals surface area contributed by atoms with Crippen LogP contribution < -0.4 is 11.1 Å². The molecule has 1 aromatic rings. The summed E-state index contributed by atoms with van der Waals surface area (Å²) in [7, 11) is 0. The third kappa shape index (κ3) is 4.27. The monoisotopic (exact) mass is 358 g/mol. The van der Waals surface area contributed by atoms with Crippen molar-refractivity contribution in [3.05, 3.63) is 22.4 Å². The lowest BCUT2D eigenvalue weighted by Crippen LogP contribution is -2.45. The van der Waals surface area contributed by atoms with Crippen molar-refractivity contribution in [3.8, 4) is 0 Å². The first kappa shape index (κ1) is 18.7. The molecule has 1 aliphatic heterocycles. The molecule has 4 nitrogen and oxygen atoms in total. The zero-order valence-electron chi connectivity index (χ0n) is 13.5. The van der Waals surface area contributed by atoms with Gasteiger partial charge in [-0.1, -0.05) is 25.3 Å². The predicted molar refractivity (Wildman–Crippen MR) is 96.3 cm³/mol. The van der Waals surface area contributed by atoms with Crippen LogP contribution in [0.25, 0.3) is 0 Å². The SMILES string of the molecule is Cl.NC[C@H]1CC[C@@H](C(=O)NCC2(c3cccs3)CCCCC2)O1. The van der Waals surface area contributed by atoms with Crippen LogP contribution in [-0.4, -0.2) is 31.2 Å². The van der Waals surface area contributed by atoms with Crippen molar-refractivity contribution in [2.45, 2.75) is 62.6 Å². The van der Waals surface area contributed by atoms with E-state index in [-0.39, 0.29) is 35.9 Å². The van der Waals surface area contributed by atoms with E-state index >= 15 is 0 Å². The fourth-order valence-electron chi connectivity index (χ4n) is 3.76. The van der Waals surface area contributed by atoms with Crippen molar-refractivity contribution in [1.82, 2.24) is 5.32 Å². The number of carbonyl (C=O) groups is 1. The Morgan fingerprint density at radius 1 is 1.35 bits per heavy atom. The summed E-state index contributed by atoms with van der Waals surface area (Å²) in [6.07, 6.45) is 7.59. The summed E-state index contributed by atoms with van der Waals surface area (Å²) in [5, 5.41) is 5.31. The highest BCUT2D eigenvalue weighted by Gasteiger charge is 2.37. The predicted octanol–water partition coefficient (Wildman–Crippen LogP) is 2.99. The number of nitrogens with two attached hydrogens (primary N) is 1. The van der Waals surface area contributed by atoms with E-state index in [4.69, 9.17) is 10.5 Å². The Balaban J connectivity index is 0.00000192. The average Bonchev–Trinajstić information content (AvgIpc) is 3.24. The van der Waals surface area contributed by atoms with E-state index in [2.05, 4.69) is 22.8 Å². The maximum atomic E-state index is 12.4. The van der Waals surface area contributed by atoms with Gasteiger partial charge in [-0.2, -0.15) is 0 Å². The summed E-state index contributed by atoms with van der Waals surface area (Å²) >= 11 is 1.82. The van der Waals surface area contributed by atoms with Gasteiger partial charge < -0.3 is 15.8 Å². The average molecular weight is 359 g/mol. The van der Waals surface area contributed by atoms with Crippen molar-refractivity contribution in [1.29, 1.82) is 0 Å². The molecule has 1 saturated carbocycles. The van der Waals surface area contributed by atoms with Crippen LogP contribution >= 0.6 is 23.7 Å². The number of ether oxygens (including phenoxy) is 1. The number of rotatable bonds is 5. The van der Waals surface area contributed by atoms with Gasteiger partial charge in [-0.05, 0) is 37.1 Å². The lowest BCUT2D eigenvalue weighted by molar-refractivity contribution is -0.132. The number of halogens is 1. The first-order chi connectivity index (χ1) is 10.7. The van der Waals surface area contributed by atoms with Gasteiger partial charge in [0.05, 0.1) is 6.10 Å². The maximum Gasteiger partial charge on any atom is 0.249 e. The molecule has 23 heavy (non-hydrogen) atoms. The second-order valence-electron chi connectivity index (χ2n) is 6.60. The number of amides is 1. The van der Waals surface area contributed by atoms with Crippen LogP contribution in [0.3, 0.4) is 0 Å². The van der Waals surface area contributed by atoms with Gasteiger partial charge in [-0.3, -0.25) is 4.79 Å². The normalized spacial score (nSPS) is 26.5. The van der Waals surface area contributed by atoms with E-state index in [1.807, 2.05) is 11.3 Å². The van der Waals surface area contributed by atoms with Crippen molar-refractivity contribution < 1.29 is 9.53 Å².